The maximum absolute atomic E-state index is 12.5. The maximum Gasteiger partial charge on any atom is 0.237 e. The molecule has 1 atom stereocenters. The van der Waals surface area contributed by atoms with E-state index in [1.807, 2.05) is 22.8 Å². The monoisotopic (exact) mass is 327 g/mol. The number of aromatic nitrogens is 1. The first-order valence-corrected chi connectivity index (χ1v) is 9.42. The summed E-state index contributed by atoms with van der Waals surface area (Å²) in [6.45, 7) is 3.72. The molecule has 0 radical (unpaired) electrons. The number of aryl methyl sites for hydroxylation is 1. The highest BCUT2D eigenvalue weighted by atomic mass is 32.2. The molecule has 0 N–H and O–H groups in total. The van der Waals surface area contributed by atoms with E-state index in [0.29, 0.717) is 13.1 Å². The highest BCUT2D eigenvalue weighted by molar-refractivity contribution is 7.91. The van der Waals surface area contributed by atoms with Crippen LogP contribution < -0.4 is 0 Å². The fourth-order valence-electron chi connectivity index (χ4n) is 3.11. The number of amides is 1. The van der Waals surface area contributed by atoms with Crippen LogP contribution in [0.15, 0.2) is 10.6 Å². The van der Waals surface area contributed by atoms with Crippen molar-refractivity contribution in [1.29, 1.82) is 0 Å². The maximum atomic E-state index is 12.5. The van der Waals surface area contributed by atoms with Crippen LogP contribution in [0.4, 0.5) is 0 Å². The van der Waals surface area contributed by atoms with Gasteiger partial charge in [0.1, 0.15) is 11.5 Å². The largest absolute Gasteiger partial charge is 0.361 e. The summed E-state index contributed by atoms with van der Waals surface area (Å²) in [5.41, 5.74) is 0.810. The van der Waals surface area contributed by atoms with E-state index in [1.54, 1.807) is 0 Å². The zero-order valence-corrected chi connectivity index (χ0v) is 13.5. The first kappa shape index (κ1) is 15.5. The molecule has 8 heteroatoms. The third-order valence-electron chi connectivity index (χ3n) is 4.36. The second-order valence-electron chi connectivity index (χ2n) is 6.04. The Bertz CT molecular complexity index is 641. The van der Waals surface area contributed by atoms with Crippen LogP contribution in [0.5, 0.6) is 0 Å². The number of carbonyl (C=O) groups excluding carboxylic acids is 1. The molecular weight excluding hydrogens is 306 g/mol. The number of nitrogens with zero attached hydrogens (tertiary/aromatic N) is 3. The summed E-state index contributed by atoms with van der Waals surface area (Å²) in [6, 6.07) is 1.86. The van der Waals surface area contributed by atoms with Crippen LogP contribution in [-0.2, 0) is 14.6 Å². The summed E-state index contributed by atoms with van der Waals surface area (Å²) in [4.78, 5) is 16.3. The molecule has 0 saturated carbocycles. The average molecular weight is 327 g/mol. The number of rotatable bonds is 3. The number of hydrogen-bond acceptors (Lipinski definition) is 6. The van der Waals surface area contributed by atoms with Crippen molar-refractivity contribution in [3.05, 3.63) is 17.5 Å². The van der Waals surface area contributed by atoms with Gasteiger partial charge in [0.05, 0.1) is 24.1 Å². The van der Waals surface area contributed by atoms with Gasteiger partial charge in [0, 0.05) is 25.7 Å². The minimum atomic E-state index is -2.91. The van der Waals surface area contributed by atoms with E-state index in [9.17, 15) is 13.2 Å². The molecule has 1 aromatic rings. The average Bonchev–Trinajstić information content (AvgIpc) is 3.09. The molecule has 22 heavy (non-hydrogen) atoms. The van der Waals surface area contributed by atoms with E-state index in [-0.39, 0.29) is 30.0 Å². The highest BCUT2D eigenvalue weighted by Gasteiger charge is 2.33. The standard InChI is InChI=1S/C14H21N3O4S/c1-11-9-12(15-21-11)13-3-2-4-17(13)14(18)10-16-5-7-22(19,20)8-6-16/h9,13H,2-8,10H2,1H3/t13-/m1/s1. The van der Waals surface area contributed by atoms with Crippen LogP contribution in [0.1, 0.15) is 30.3 Å². The van der Waals surface area contributed by atoms with Crippen LogP contribution in [0, 0.1) is 6.92 Å². The lowest BCUT2D eigenvalue weighted by atomic mass is 10.1. The molecule has 1 aromatic heterocycles. The predicted octanol–water partition coefficient (Wildman–Crippen LogP) is 0.377. The minimum Gasteiger partial charge on any atom is -0.361 e. The lowest BCUT2D eigenvalue weighted by Gasteiger charge is -2.29. The van der Waals surface area contributed by atoms with Gasteiger partial charge >= 0.3 is 0 Å². The van der Waals surface area contributed by atoms with E-state index >= 15 is 0 Å². The van der Waals surface area contributed by atoms with Crippen LogP contribution >= 0.6 is 0 Å². The molecule has 2 aliphatic heterocycles. The topological polar surface area (TPSA) is 83.7 Å². The van der Waals surface area contributed by atoms with Gasteiger partial charge in [-0.1, -0.05) is 5.16 Å². The van der Waals surface area contributed by atoms with Crippen molar-refractivity contribution < 1.29 is 17.7 Å². The number of sulfone groups is 1. The van der Waals surface area contributed by atoms with Crippen molar-refractivity contribution in [2.75, 3.05) is 37.7 Å². The quantitative estimate of drug-likeness (QED) is 0.798. The van der Waals surface area contributed by atoms with Gasteiger partial charge in [-0.15, -0.1) is 0 Å². The minimum absolute atomic E-state index is 0.0153. The van der Waals surface area contributed by atoms with Crippen molar-refractivity contribution in [3.63, 3.8) is 0 Å². The molecule has 2 saturated heterocycles. The Hall–Kier alpha value is -1.41. The van der Waals surface area contributed by atoms with Gasteiger partial charge in [-0.05, 0) is 19.8 Å². The molecule has 0 bridgehead atoms. The fraction of sp³-hybridized carbons (Fsp3) is 0.714. The zero-order chi connectivity index (χ0) is 15.7. The van der Waals surface area contributed by atoms with E-state index in [4.69, 9.17) is 4.52 Å². The van der Waals surface area contributed by atoms with Gasteiger partial charge in [-0.25, -0.2) is 8.42 Å². The Morgan fingerprint density at radius 3 is 2.73 bits per heavy atom. The molecule has 0 aromatic carbocycles. The first-order valence-electron chi connectivity index (χ1n) is 7.60. The van der Waals surface area contributed by atoms with E-state index in [1.165, 1.54) is 0 Å². The summed E-state index contributed by atoms with van der Waals surface area (Å²) in [5.74, 6) is 1.08. The third-order valence-corrected chi connectivity index (χ3v) is 5.97. The summed E-state index contributed by atoms with van der Waals surface area (Å²) >= 11 is 0. The van der Waals surface area contributed by atoms with E-state index in [2.05, 4.69) is 5.16 Å². The molecular formula is C14H21N3O4S. The summed E-state index contributed by atoms with van der Waals surface area (Å²) in [7, 11) is -2.91. The van der Waals surface area contributed by atoms with Crippen LogP contribution in [0.3, 0.4) is 0 Å². The molecule has 3 heterocycles. The molecule has 0 unspecified atom stereocenters. The van der Waals surface area contributed by atoms with Crippen LogP contribution in [-0.4, -0.2) is 67.0 Å². The van der Waals surface area contributed by atoms with Gasteiger partial charge in [-0.3, -0.25) is 9.69 Å². The van der Waals surface area contributed by atoms with E-state index in [0.717, 1.165) is 30.8 Å². The Morgan fingerprint density at radius 2 is 2.09 bits per heavy atom. The highest BCUT2D eigenvalue weighted by Crippen LogP contribution is 2.31. The predicted molar refractivity (Wildman–Crippen MR) is 80.0 cm³/mol. The molecule has 3 rings (SSSR count). The molecule has 0 aliphatic carbocycles. The molecule has 122 valence electrons. The molecule has 1 amide bonds. The second-order valence-corrected chi connectivity index (χ2v) is 8.34. The molecule has 0 spiro atoms. The zero-order valence-electron chi connectivity index (χ0n) is 12.7. The van der Waals surface area contributed by atoms with Gasteiger partial charge in [0.2, 0.25) is 5.91 Å². The van der Waals surface area contributed by atoms with Crippen LogP contribution in [0.2, 0.25) is 0 Å². The van der Waals surface area contributed by atoms with Gasteiger partial charge < -0.3 is 9.42 Å². The summed E-state index contributed by atoms with van der Waals surface area (Å²) in [5, 5.41) is 4.03. The molecule has 7 nitrogen and oxygen atoms in total. The van der Waals surface area contributed by atoms with Crippen molar-refractivity contribution >= 4 is 15.7 Å². The number of carbonyl (C=O) groups is 1. The van der Waals surface area contributed by atoms with Crippen molar-refractivity contribution in [3.8, 4) is 0 Å². The Kier molecular flexibility index (Phi) is 4.22. The lowest BCUT2D eigenvalue weighted by Crippen LogP contribution is -2.46. The number of likely N-dealkylation sites (tertiary alicyclic amines) is 1. The van der Waals surface area contributed by atoms with Crippen molar-refractivity contribution in [2.45, 2.75) is 25.8 Å². The fourth-order valence-corrected chi connectivity index (χ4v) is 4.38. The van der Waals surface area contributed by atoms with Gasteiger partial charge in [0.15, 0.2) is 9.84 Å². The Morgan fingerprint density at radius 1 is 1.36 bits per heavy atom. The van der Waals surface area contributed by atoms with Crippen LogP contribution in [0.25, 0.3) is 0 Å². The summed E-state index contributed by atoms with van der Waals surface area (Å²) in [6.07, 6.45) is 1.85. The second kappa shape index (κ2) is 6.00. The smallest absolute Gasteiger partial charge is 0.237 e. The Labute approximate surface area is 130 Å². The van der Waals surface area contributed by atoms with Crippen molar-refractivity contribution in [1.82, 2.24) is 15.0 Å². The normalized spacial score (nSPS) is 25.5. The number of hydrogen-bond donors (Lipinski definition) is 0. The lowest BCUT2D eigenvalue weighted by molar-refractivity contribution is -0.133. The first-order chi connectivity index (χ1) is 10.4. The molecule has 2 aliphatic rings. The van der Waals surface area contributed by atoms with Gasteiger partial charge in [-0.2, -0.15) is 0 Å². The SMILES string of the molecule is Cc1cc([C@H]2CCCN2C(=O)CN2CCS(=O)(=O)CC2)no1. The third kappa shape index (κ3) is 3.33. The van der Waals surface area contributed by atoms with Gasteiger partial charge in [0.25, 0.3) is 0 Å². The summed E-state index contributed by atoms with van der Waals surface area (Å²) < 4.78 is 28.0. The van der Waals surface area contributed by atoms with Crippen molar-refractivity contribution in [2.24, 2.45) is 0 Å². The Balaban J connectivity index is 1.62. The van der Waals surface area contributed by atoms with E-state index < -0.39 is 9.84 Å². The molecule has 2 fully saturated rings.